The van der Waals surface area contributed by atoms with Crippen LogP contribution in [0.3, 0.4) is 0 Å². The molecule has 4 nitrogen and oxygen atoms in total. The first-order chi connectivity index (χ1) is 8.56. The molecule has 0 atom stereocenters. The van der Waals surface area contributed by atoms with Crippen LogP contribution >= 0.6 is 23.1 Å². The van der Waals surface area contributed by atoms with Crippen molar-refractivity contribution in [3.05, 3.63) is 39.6 Å². The summed E-state index contributed by atoms with van der Waals surface area (Å²) in [4.78, 5) is 21.2. The third-order valence-corrected chi connectivity index (χ3v) is 4.65. The number of hydrogen-bond donors (Lipinski definition) is 1. The van der Waals surface area contributed by atoms with Crippen LogP contribution in [-0.4, -0.2) is 21.0 Å². The van der Waals surface area contributed by atoms with Crippen molar-refractivity contribution >= 4 is 29.1 Å². The predicted octanol–water partition coefficient (Wildman–Crippen LogP) is 3.15. The summed E-state index contributed by atoms with van der Waals surface area (Å²) in [6.07, 6.45) is 1.52. The van der Waals surface area contributed by atoms with Crippen molar-refractivity contribution in [2.75, 3.05) is 0 Å². The molecule has 2 aromatic rings. The normalized spacial score (nSPS) is 10.6. The zero-order valence-electron chi connectivity index (χ0n) is 10.0. The van der Waals surface area contributed by atoms with E-state index in [0.717, 1.165) is 21.3 Å². The summed E-state index contributed by atoms with van der Waals surface area (Å²) in [5.41, 5.74) is 1.14. The van der Waals surface area contributed by atoms with Gasteiger partial charge in [-0.1, -0.05) is 0 Å². The average molecular weight is 280 g/mol. The Morgan fingerprint density at radius 3 is 2.89 bits per heavy atom. The quantitative estimate of drug-likeness (QED) is 0.872. The minimum Gasteiger partial charge on any atom is -0.477 e. The number of nitrogens with zero attached hydrogens (tertiary/aromatic N) is 2. The Balaban J connectivity index is 2.06. The fraction of sp³-hybridized carbons (Fsp3) is 0.250. The highest BCUT2D eigenvalue weighted by atomic mass is 32.2. The van der Waals surface area contributed by atoms with Gasteiger partial charge in [0.1, 0.15) is 10.7 Å². The third kappa shape index (κ3) is 3.08. The number of thioether (sulfide) groups is 1. The molecule has 0 spiro atoms. The van der Waals surface area contributed by atoms with Gasteiger partial charge in [0.25, 0.3) is 0 Å². The molecule has 18 heavy (non-hydrogen) atoms. The highest BCUT2D eigenvalue weighted by Crippen LogP contribution is 2.26. The summed E-state index contributed by atoms with van der Waals surface area (Å²) in [7, 11) is 0. The molecule has 6 heteroatoms. The number of aromatic nitrogens is 2. The van der Waals surface area contributed by atoms with Gasteiger partial charge in [-0.3, -0.25) is 0 Å². The van der Waals surface area contributed by atoms with Gasteiger partial charge in [0.15, 0.2) is 0 Å². The highest BCUT2D eigenvalue weighted by Gasteiger charge is 2.07. The largest absolute Gasteiger partial charge is 0.477 e. The first-order valence-electron chi connectivity index (χ1n) is 5.31. The Bertz CT molecular complexity index is 562. The number of rotatable bonds is 4. The van der Waals surface area contributed by atoms with E-state index in [2.05, 4.69) is 16.9 Å². The molecule has 0 aliphatic rings. The summed E-state index contributed by atoms with van der Waals surface area (Å²) in [6.45, 7) is 4.05. The average Bonchev–Trinajstić information content (AvgIpc) is 2.67. The minimum atomic E-state index is -1.00. The van der Waals surface area contributed by atoms with E-state index in [9.17, 15) is 4.79 Å². The number of carbonyl (C=O) groups is 1. The highest BCUT2D eigenvalue weighted by molar-refractivity contribution is 7.98. The number of carboxylic acids is 1. The lowest BCUT2D eigenvalue weighted by Crippen LogP contribution is -1.99. The number of thiazole rings is 1. The number of aromatic carboxylic acids is 1. The lowest BCUT2D eigenvalue weighted by Gasteiger charge is -2.00. The van der Waals surface area contributed by atoms with Crippen LogP contribution in [0, 0.1) is 13.8 Å². The molecule has 2 aromatic heterocycles. The zero-order chi connectivity index (χ0) is 13.1. The molecule has 0 bridgehead atoms. The molecule has 0 saturated carbocycles. The van der Waals surface area contributed by atoms with Crippen molar-refractivity contribution in [3.63, 3.8) is 0 Å². The van der Waals surface area contributed by atoms with Gasteiger partial charge >= 0.3 is 5.97 Å². The Kier molecular flexibility index (Phi) is 3.98. The maximum absolute atomic E-state index is 10.8. The van der Waals surface area contributed by atoms with E-state index >= 15 is 0 Å². The minimum absolute atomic E-state index is 0.0755. The van der Waals surface area contributed by atoms with Gasteiger partial charge in [-0.25, -0.2) is 14.8 Å². The molecule has 0 amide bonds. The van der Waals surface area contributed by atoms with E-state index in [1.54, 1.807) is 29.2 Å². The summed E-state index contributed by atoms with van der Waals surface area (Å²) in [6, 6.07) is 3.39. The van der Waals surface area contributed by atoms with Crippen LogP contribution < -0.4 is 0 Å². The molecule has 94 valence electrons. The van der Waals surface area contributed by atoms with E-state index in [0.29, 0.717) is 0 Å². The maximum atomic E-state index is 10.8. The number of hydrogen-bond acceptors (Lipinski definition) is 5. The molecule has 2 heterocycles. The monoisotopic (exact) mass is 280 g/mol. The van der Waals surface area contributed by atoms with Crippen LogP contribution in [0.15, 0.2) is 23.2 Å². The standard InChI is InChI=1S/C12H12N2O2S2/c1-7-8(2)18-11(14-7)6-17-9-3-4-13-10(5-9)12(15)16/h3-5H,6H2,1-2H3,(H,15,16). The number of pyridine rings is 1. The number of aryl methyl sites for hydroxylation is 2. The Labute approximate surface area is 113 Å². The van der Waals surface area contributed by atoms with Crippen molar-refractivity contribution in [1.82, 2.24) is 9.97 Å². The topological polar surface area (TPSA) is 63.1 Å². The van der Waals surface area contributed by atoms with E-state index in [-0.39, 0.29) is 5.69 Å². The molecule has 0 aliphatic heterocycles. The lowest BCUT2D eigenvalue weighted by molar-refractivity contribution is 0.0690. The van der Waals surface area contributed by atoms with Crippen LogP contribution in [-0.2, 0) is 5.75 Å². The van der Waals surface area contributed by atoms with Crippen LogP contribution in [0.1, 0.15) is 26.1 Å². The van der Waals surface area contributed by atoms with Crippen LogP contribution in [0.4, 0.5) is 0 Å². The molecule has 0 saturated heterocycles. The predicted molar refractivity (Wildman–Crippen MR) is 72.3 cm³/mol. The second kappa shape index (κ2) is 5.49. The molecule has 1 N–H and O–H groups in total. The Morgan fingerprint density at radius 1 is 1.50 bits per heavy atom. The molecule has 2 rings (SSSR count). The molecule has 0 aromatic carbocycles. The molecule has 0 fully saturated rings. The fourth-order valence-corrected chi connectivity index (χ4v) is 3.21. The van der Waals surface area contributed by atoms with Gasteiger partial charge in [0, 0.05) is 16.0 Å². The van der Waals surface area contributed by atoms with Crippen molar-refractivity contribution in [2.45, 2.75) is 24.5 Å². The molecule has 0 aliphatic carbocycles. The van der Waals surface area contributed by atoms with Gasteiger partial charge in [0.05, 0.1) is 11.4 Å². The van der Waals surface area contributed by atoms with Crippen LogP contribution in [0.25, 0.3) is 0 Å². The summed E-state index contributed by atoms with van der Waals surface area (Å²) in [5, 5.41) is 9.91. The van der Waals surface area contributed by atoms with Gasteiger partial charge < -0.3 is 5.11 Å². The van der Waals surface area contributed by atoms with Gasteiger partial charge in [-0.05, 0) is 26.0 Å². The smallest absolute Gasteiger partial charge is 0.354 e. The third-order valence-electron chi connectivity index (χ3n) is 2.39. The van der Waals surface area contributed by atoms with Crippen molar-refractivity contribution in [3.8, 4) is 0 Å². The summed E-state index contributed by atoms with van der Waals surface area (Å²) >= 11 is 3.25. The molecule has 0 radical (unpaired) electrons. The van der Waals surface area contributed by atoms with Crippen LogP contribution in [0.2, 0.25) is 0 Å². The second-order valence-electron chi connectivity index (χ2n) is 3.72. The Hall–Kier alpha value is -1.40. The first-order valence-corrected chi connectivity index (χ1v) is 7.11. The molecular weight excluding hydrogens is 268 g/mol. The SMILES string of the molecule is Cc1nc(CSc2ccnc(C(=O)O)c2)sc1C. The van der Waals surface area contributed by atoms with E-state index < -0.39 is 5.97 Å². The molecule has 0 unspecified atom stereocenters. The number of carboxylic acid groups (broad SMARTS) is 1. The summed E-state index contributed by atoms with van der Waals surface area (Å²) in [5.74, 6) is -0.249. The lowest BCUT2D eigenvalue weighted by atomic mass is 10.3. The first kappa shape index (κ1) is 13.0. The van der Waals surface area contributed by atoms with E-state index in [1.165, 1.54) is 11.1 Å². The Morgan fingerprint density at radius 2 is 2.28 bits per heavy atom. The van der Waals surface area contributed by atoms with Crippen LogP contribution in [0.5, 0.6) is 0 Å². The van der Waals surface area contributed by atoms with Crippen molar-refractivity contribution < 1.29 is 9.90 Å². The fourth-order valence-electron chi connectivity index (χ4n) is 1.36. The van der Waals surface area contributed by atoms with E-state index in [4.69, 9.17) is 5.11 Å². The van der Waals surface area contributed by atoms with Gasteiger partial charge in [-0.2, -0.15) is 0 Å². The maximum Gasteiger partial charge on any atom is 0.354 e. The van der Waals surface area contributed by atoms with Gasteiger partial charge in [-0.15, -0.1) is 23.1 Å². The molecular formula is C12H12N2O2S2. The zero-order valence-corrected chi connectivity index (χ0v) is 11.6. The van der Waals surface area contributed by atoms with E-state index in [1.807, 2.05) is 13.0 Å². The van der Waals surface area contributed by atoms with Crippen molar-refractivity contribution in [2.24, 2.45) is 0 Å². The van der Waals surface area contributed by atoms with Gasteiger partial charge in [0.2, 0.25) is 0 Å². The second-order valence-corrected chi connectivity index (χ2v) is 6.06. The van der Waals surface area contributed by atoms with Crippen molar-refractivity contribution in [1.29, 1.82) is 0 Å². The summed E-state index contributed by atoms with van der Waals surface area (Å²) < 4.78 is 0.